The lowest BCUT2D eigenvalue weighted by Crippen LogP contribution is -2.41. The molecule has 0 aliphatic carbocycles. The van der Waals surface area contributed by atoms with Gasteiger partial charge in [-0.3, -0.25) is 4.79 Å². The van der Waals surface area contributed by atoms with Gasteiger partial charge in [-0.25, -0.2) is 8.42 Å². The summed E-state index contributed by atoms with van der Waals surface area (Å²) in [6.45, 7) is 2.30. The molecule has 0 bridgehead atoms. The zero-order valence-corrected chi connectivity index (χ0v) is 16.5. The van der Waals surface area contributed by atoms with E-state index in [-0.39, 0.29) is 14.9 Å². The largest absolute Gasteiger partial charge is 0.486 e. The van der Waals surface area contributed by atoms with Crippen molar-refractivity contribution in [2.24, 2.45) is 0 Å². The van der Waals surface area contributed by atoms with Gasteiger partial charge in [0, 0.05) is 16.8 Å². The lowest BCUT2D eigenvalue weighted by molar-refractivity contribution is -0.117. The van der Waals surface area contributed by atoms with Crippen LogP contribution in [0.4, 0.5) is 5.69 Å². The molecular weight excluding hydrogens is 415 g/mol. The Morgan fingerprint density at radius 3 is 2.52 bits per heavy atom. The van der Waals surface area contributed by atoms with Gasteiger partial charge < -0.3 is 14.8 Å². The average molecular weight is 431 g/mol. The molecule has 10 heteroatoms. The highest BCUT2D eigenvalue weighted by Gasteiger charge is 2.25. The molecule has 0 aromatic heterocycles. The zero-order valence-electron chi connectivity index (χ0n) is 14.2. The van der Waals surface area contributed by atoms with Crippen molar-refractivity contribution in [3.05, 3.63) is 46.4 Å². The Hall–Kier alpha value is -2.00. The monoisotopic (exact) mass is 430 g/mol. The molecule has 0 radical (unpaired) electrons. The highest BCUT2D eigenvalue weighted by molar-refractivity contribution is 7.89. The Balaban J connectivity index is 1.71. The molecule has 2 N–H and O–H groups in total. The topological polar surface area (TPSA) is 93.7 Å². The second-order valence-electron chi connectivity index (χ2n) is 5.77. The van der Waals surface area contributed by atoms with Gasteiger partial charge in [-0.05, 0) is 37.3 Å². The zero-order chi connectivity index (χ0) is 19.6. The first kappa shape index (κ1) is 19.8. The number of sulfonamides is 1. The Kier molecular flexibility index (Phi) is 5.81. The molecule has 1 aliphatic rings. The third-order valence-corrected chi connectivity index (χ3v) is 5.98. The minimum absolute atomic E-state index is 0.00587. The number of benzene rings is 2. The van der Waals surface area contributed by atoms with E-state index >= 15 is 0 Å². The van der Waals surface area contributed by atoms with Crippen LogP contribution in [0.25, 0.3) is 0 Å². The second-order valence-corrected chi connectivity index (χ2v) is 8.29. The van der Waals surface area contributed by atoms with Crippen molar-refractivity contribution < 1.29 is 22.7 Å². The third-order valence-electron chi connectivity index (χ3n) is 3.72. The van der Waals surface area contributed by atoms with E-state index in [0.717, 1.165) is 0 Å². The second kappa shape index (κ2) is 7.93. The Bertz CT molecular complexity index is 981. The normalized spacial score (nSPS) is 14.5. The van der Waals surface area contributed by atoms with E-state index in [2.05, 4.69) is 10.0 Å². The van der Waals surface area contributed by atoms with Gasteiger partial charge in [0.25, 0.3) is 0 Å². The smallest absolute Gasteiger partial charge is 0.242 e. The maximum atomic E-state index is 12.5. The number of hydrogen-bond acceptors (Lipinski definition) is 5. The number of anilines is 1. The minimum atomic E-state index is -4.04. The summed E-state index contributed by atoms with van der Waals surface area (Å²) in [6, 6.07) is 7.93. The van der Waals surface area contributed by atoms with E-state index in [9.17, 15) is 13.2 Å². The maximum Gasteiger partial charge on any atom is 0.242 e. The first-order valence-electron chi connectivity index (χ1n) is 7.94. The first-order valence-corrected chi connectivity index (χ1v) is 10.2. The van der Waals surface area contributed by atoms with Crippen molar-refractivity contribution >= 4 is 44.8 Å². The molecule has 144 valence electrons. The van der Waals surface area contributed by atoms with Crippen LogP contribution in [0.2, 0.25) is 10.0 Å². The highest BCUT2D eigenvalue weighted by atomic mass is 35.5. The summed E-state index contributed by atoms with van der Waals surface area (Å²) in [5.74, 6) is 0.551. The van der Waals surface area contributed by atoms with E-state index in [1.807, 2.05) is 0 Å². The molecule has 7 nitrogen and oxygen atoms in total. The summed E-state index contributed by atoms with van der Waals surface area (Å²) in [4.78, 5) is 12.2. The van der Waals surface area contributed by atoms with Crippen molar-refractivity contribution in [1.29, 1.82) is 0 Å². The Morgan fingerprint density at radius 1 is 1.07 bits per heavy atom. The van der Waals surface area contributed by atoms with Crippen molar-refractivity contribution in [3.63, 3.8) is 0 Å². The van der Waals surface area contributed by atoms with Crippen LogP contribution in [0.15, 0.2) is 41.3 Å². The summed E-state index contributed by atoms with van der Waals surface area (Å²) in [5, 5.41) is 2.85. The molecule has 0 unspecified atom stereocenters. The lowest BCUT2D eigenvalue weighted by atomic mass is 10.2. The van der Waals surface area contributed by atoms with Crippen molar-refractivity contribution in [1.82, 2.24) is 4.72 Å². The first-order chi connectivity index (χ1) is 12.8. The van der Waals surface area contributed by atoms with Crippen LogP contribution in [-0.2, 0) is 14.8 Å². The molecule has 2 aromatic rings. The molecule has 1 heterocycles. The van der Waals surface area contributed by atoms with E-state index in [0.29, 0.717) is 30.4 Å². The van der Waals surface area contributed by atoms with Gasteiger partial charge in [-0.15, -0.1) is 0 Å². The number of ether oxygens (including phenoxy) is 2. The number of carbonyl (C=O) groups is 1. The van der Waals surface area contributed by atoms with E-state index in [1.165, 1.54) is 25.1 Å². The number of halogens is 2. The molecule has 1 atom stereocenters. The standard InChI is InChI=1S/C17H16Cl2N2O5S/c1-10(21-27(23,24)16-8-11(18)2-4-13(16)19)17(22)20-12-3-5-14-15(9-12)26-7-6-25-14/h2-5,8-10,21H,6-7H2,1H3,(H,20,22)/t10-/m1/s1. The number of rotatable bonds is 5. The van der Waals surface area contributed by atoms with Crippen molar-refractivity contribution in [2.75, 3.05) is 18.5 Å². The Labute approximate surface area is 166 Å². The van der Waals surface area contributed by atoms with Gasteiger partial charge in [0.1, 0.15) is 18.1 Å². The van der Waals surface area contributed by atoms with Crippen LogP contribution in [0.3, 0.4) is 0 Å². The third kappa shape index (κ3) is 4.65. The number of fused-ring (bicyclic) bond motifs is 1. The predicted molar refractivity (Wildman–Crippen MR) is 102 cm³/mol. The van der Waals surface area contributed by atoms with E-state index < -0.39 is 22.0 Å². The number of amides is 1. The number of nitrogens with one attached hydrogen (secondary N) is 2. The number of carbonyl (C=O) groups excluding carboxylic acids is 1. The van der Waals surface area contributed by atoms with Gasteiger partial charge in [0.15, 0.2) is 11.5 Å². The lowest BCUT2D eigenvalue weighted by Gasteiger charge is -2.20. The predicted octanol–water partition coefficient (Wildman–Crippen LogP) is 3.07. The molecule has 0 spiro atoms. The van der Waals surface area contributed by atoms with Crippen LogP contribution in [0.5, 0.6) is 11.5 Å². The van der Waals surface area contributed by atoms with Gasteiger partial charge in [0.2, 0.25) is 15.9 Å². The fraction of sp³-hybridized carbons (Fsp3) is 0.235. The van der Waals surface area contributed by atoms with Gasteiger partial charge in [-0.2, -0.15) is 4.72 Å². The molecule has 0 fully saturated rings. The van der Waals surface area contributed by atoms with Gasteiger partial charge in [0.05, 0.1) is 11.1 Å². The van der Waals surface area contributed by atoms with Crippen LogP contribution < -0.4 is 19.5 Å². The summed E-state index contributed by atoms with van der Waals surface area (Å²) in [7, 11) is -4.04. The summed E-state index contributed by atoms with van der Waals surface area (Å²) in [5.41, 5.74) is 0.455. The number of hydrogen-bond donors (Lipinski definition) is 2. The van der Waals surface area contributed by atoms with Crippen molar-refractivity contribution in [2.45, 2.75) is 17.9 Å². The quantitative estimate of drug-likeness (QED) is 0.759. The summed E-state index contributed by atoms with van der Waals surface area (Å²) >= 11 is 11.8. The maximum absolute atomic E-state index is 12.5. The molecule has 2 aromatic carbocycles. The molecule has 27 heavy (non-hydrogen) atoms. The van der Waals surface area contributed by atoms with Crippen molar-refractivity contribution in [3.8, 4) is 11.5 Å². The minimum Gasteiger partial charge on any atom is -0.486 e. The fourth-order valence-corrected chi connectivity index (χ4v) is 4.37. The van der Waals surface area contributed by atoms with Crippen LogP contribution >= 0.6 is 23.2 Å². The van der Waals surface area contributed by atoms with Gasteiger partial charge >= 0.3 is 0 Å². The SMILES string of the molecule is C[C@@H](NS(=O)(=O)c1cc(Cl)ccc1Cl)C(=O)Nc1ccc2c(c1)OCCO2. The average Bonchev–Trinajstić information content (AvgIpc) is 2.63. The molecule has 3 rings (SSSR count). The molecule has 1 aliphatic heterocycles. The molecule has 0 saturated heterocycles. The Morgan fingerprint density at radius 2 is 1.78 bits per heavy atom. The van der Waals surface area contributed by atoms with Crippen LogP contribution in [-0.4, -0.2) is 33.6 Å². The van der Waals surface area contributed by atoms with Crippen LogP contribution in [0.1, 0.15) is 6.92 Å². The molecular formula is C17H16Cl2N2O5S. The van der Waals surface area contributed by atoms with E-state index in [1.54, 1.807) is 18.2 Å². The summed E-state index contributed by atoms with van der Waals surface area (Å²) in [6.07, 6.45) is 0. The fourth-order valence-electron chi connectivity index (χ4n) is 2.40. The van der Waals surface area contributed by atoms with Gasteiger partial charge in [-0.1, -0.05) is 23.2 Å². The molecule has 1 amide bonds. The summed E-state index contributed by atoms with van der Waals surface area (Å²) < 4.78 is 38.1. The van der Waals surface area contributed by atoms with Crippen LogP contribution in [0, 0.1) is 0 Å². The van der Waals surface area contributed by atoms with E-state index in [4.69, 9.17) is 32.7 Å². The molecule has 0 saturated carbocycles. The highest BCUT2D eigenvalue weighted by Crippen LogP contribution is 2.32.